The van der Waals surface area contributed by atoms with Gasteiger partial charge in [-0.05, 0) is 19.1 Å². The maximum absolute atomic E-state index is 5.53. The summed E-state index contributed by atoms with van der Waals surface area (Å²) in [5.74, 6) is 0. The zero-order valence-corrected chi connectivity index (χ0v) is 9.24. The van der Waals surface area contributed by atoms with Gasteiger partial charge in [-0.2, -0.15) is 15.0 Å². The number of hydrogen-bond donors (Lipinski definition) is 1. The predicted octanol–water partition coefficient (Wildman–Crippen LogP) is 1.46. The van der Waals surface area contributed by atoms with Crippen molar-refractivity contribution in [3.8, 4) is 5.69 Å². The Bertz CT molecular complexity index is 424. The minimum atomic E-state index is 0. The summed E-state index contributed by atoms with van der Waals surface area (Å²) in [5, 5.41) is 8.56. The minimum absolute atomic E-state index is 0. The Morgan fingerprint density at radius 3 is 2.40 bits per heavy atom. The summed E-state index contributed by atoms with van der Waals surface area (Å²) in [6.07, 6.45) is 0. The first-order valence-corrected chi connectivity index (χ1v) is 4.49. The molecule has 0 fully saturated rings. The molecule has 2 aromatic rings. The lowest BCUT2D eigenvalue weighted by atomic mass is 10.3. The number of halogens is 1. The van der Waals surface area contributed by atoms with Gasteiger partial charge in [0.15, 0.2) is 0 Å². The first kappa shape index (κ1) is 11.7. The monoisotopic (exact) mass is 224 g/mol. The molecule has 1 heterocycles. The van der Waals surface area contributed by atoms with Gasteiger partial charge in [0.1, 0.15) is 0 Å². The van der Waals surface area contributed by atoms with Crippen LogP contribution in [0.25, 0.3) is 5.69 Å². The second-order valence-electron chi connectivity index (χ2n) is 3.06. The maximum atomic E-state index is 5.53. The van der Waals surface area contributed by atoms with Gasteiger partial charge < -0.3 is 5.73 Å². The molecule has 0 aliphatic rings. The molecule has 0 radical (unpaired) electrons. The van der Waals surface area contributed by atoms with Crippen LogP contribution in [-0.2, 0) is 6.54 Å². The number of nitrogens with zero attached hydrogens (tertiary/aromatic N) is 3. The molecule has 15 heavy (non-hydrogen) atoms. The average molecular weight is 225 g/mol. The fourth-order valence-corrected chi connectivity index (χ4v) is 1.27. The van der Waals surface area contributed by atoms with E-state index >= 15 is 0 Å². The molecule has 4 nitrogen and oxygen atoms in total. The molecule has 1 aromatic heterocycles. The number of nitrogens with two attached hydrogens (primary N) is 1. The normalized spacial score (nSPS) is 9.73. The van der Waals surface area contributed by atoms with Crippen LogP contribution in [0.4, 0.5) is 0 Å². The molecule has 0 aliphatic heterocycles. The van der Waals surface area contributed by atoms with Crippen LogP contribution in [0.3, 0.4) is 0 Å². The van der Waals surface area contributed by atoms with E-state index in [1.54, 1.807) is 4.80 Å². The molecule has 5 heteroatoms. The van der Waals surface area contributed by atoms with Crippen molar-refractivity contribution in [2.75, 3.05) is 0 Å². The van der Waals surface area contributed by atoms with E-state index in [9.17, 15) is 0 Å². The van der Waals surface area contributed by atoms with Crippen LogP contribution in [0, 0.1) is 6.92 Å². The van der Waals surface area contributed by atoms with E-state index in [0.717, 1.165) is 17.1 Å². The fourth-order valence-electron chi connectivity index (χ4n) is 1.27. The SMILES string of the molecule is Cc1nn(-c2ccccc2)nc1CN.Cl. The van der Waals surface area contributed by atoms with Gasteiger partial charge in [-0.3, -0.25) is 0 Å². The van der Waals surface area contributed by atoms with Gasteiger partial charge in [0.25, 0.3) is 0 Å². The number of rotatable bonds is 2. The van der Waals surface area contributed by atoms with Crippen LogP contribution < -0.4 is 5.73 Å². The molecule has 0 amide bonds. The van der Waals surface area contributed by atoms with Crippen LogP contribution in [0.2, 0.25) is 0 Å². The second kappa shape index (κ2) is 4.91. The molecule has 1 aromatic carbocycles. The van der Waals surface area contributed by atoms with E-state index in [0.29, 0.717) is 6.54 Å². The number of hydrogen-bond acceptors (Lipinski definition) is 3. The third-order valence-corrected chi connectivity index (χ3v) is 2.06. The molecular formula is C10H13ClN4. The third kappa shape index (κ3) is 2.34. The van der Waals surface area contributed by atoms with Gasteiger partial charge in [0.05, 0.1) is 17.1 Å². The average Bonchev–Trinajstić information content (AvgIpc) is 2.61. The lowest BCUT2D eigenvalue weighted by Crippen LogP contribution is -2.01. The van der Waals surface area contributed by atoms with Crippen LogP contribution in [0.1, 0.15) is 11.4 Å². The number of para-hydroxylation sites is 1. The van der Waals surface area contributed by atoms with E-state index < -0.39 is 0 Å². The largest absolute Gasteiger partial charge is 0.325 e. The van der Waals surface area contributed by atoms with Crippen LogP contribution >= 0.6 is 12.4 Å². The molecule has 0 atom stereocenters. The van der Waals surface area contributed by atoms with E-state index in [4.69, 9.17) is 5.73 Å². The molecule has 0 unspecified atom stereocenters. The first-order chi connectivity index (χ1) is 6.81. The van der Waals surface area contributed by atoms with E-state index in [-0.39, 0.29) is 12.4 Å². The van der Waals surface area contributed by atoms with Gasteiger partial charge in [-0.1, -0.05) is 18.2 Å². The summed E-state index contributed by atoms with van der Waals surface area (Å²) in [5.41, 5.74) is 8.21. The van der Waals surface area contributed by atoms with E-state index in [1.807, 2.05) is 37.3 Å². The van der Waals surface area contributed by atoms with Gasteiger partial charge in [0, 0.05) is 6.54 Å². The molecule has 0 saturated heterocycles. The predicted molar refractivity (Wildman–Crippen MR) is 61.2 cm³/mol. The van der Waals surface area contributed by atoms with Crippen LogP contribution in [0.5, 0.6) is 0 Å². The summed E-state index contributed by atoms with van der Waals surface area (Å²) in [6, 6.07) is 9.79. The molecule has 0 spiro atoms. The van der Waals surface area contributed by atoms with Crippen LogP contribution in [-0.4, -0.2) is 15.0 Å². The number of aryl methyl sites for hydroxylation is 1. The van der Waals surface area contributed by atoms with Crippen molar-refractivity contribution < 1.29 is 0 Å². The Hall–Kier alpha value is -1.39. The standard InChI is InChI=1S/C10H12N4.ClH/c1-8-10(7-11)13-14(12-8)9-5-3-2-4-6-9;/h2-6H,7,11H2,1H3;1H. The zero-order chi connectivity index (χ0) is 9.97. The Balaban J connectivity index is 0.00000112. The summed E-state index contributed by atoms with van der Waals surface area (Å²) >= 11 is 0. The molecular weight excluding hydrogens is 212 g/mol. The Morgan fingerprint density at radius 2 is 1.87 bits per heavy atom. The molecule has 0 saturated carbocycles. The number of aromatic nitrogens is 3. The molecule has 80 valence electrons. The number of benzene rings is 1. The quantitative estimate of drug-likeness (QED) is 0.840. The van der Waals surface area contributed by atoms with Crippen molar-refractivity contribution in [2.45, 2.75) is 13.5 Å². The van der Waals surface area contributed by atoms with Gasteiger partial charge in [0.2, 0.25) is 0 Å². The molecule has 2 rings (SSSR count). The van der Waals surface area contributed by atoms with Crippen molar-refractivity contribution in [2.24, 2.45) is 5.73 Å². The lowest BCUT2D eigenvalue weighted by Gasteiger charge is -1.96. The van der Waals surface area contributed by atoms with Gasteiger partial charge >= 0.3 is 0 Å². The summed E-state index contributed by atoms with van der Waals surface area (Å²) in [4.78, 5) is 1.61. The summed E-state index contributed by atoms with van der Waals surface area (Å²) in [6.45, 7) is 2.34. The van der Waals surface area contributed by atoms with Crippen molar-refractivity contribution in [3.63, 3.8) is 0 Å². The highest BCUT2D eigenvalue weighted by Crippen LogP contribution is 2.06. The maximum Gasteiger partial charge on any atom is 0.0996 e. The third-order valence-electron chi connectivity index (χ3n) is 2.06. The van der Waals surface area contributed by atoms with Crippen molar-refractivity contribution in [3.05, 3.63) is 41.7 Å². The van der Waals surface area contributed by atoms with Crippen molar-refractivity contribution >= 4 is 12.4 Å². The fraction of sp³-hybridized carbons (Fsp3) is 0.200. The topological polar surface area (TPSA) is 56.7 Å². The zero-order valence-electron chi connectivity index (χ0n) is 8.42. The van der Waals surface area contributed by atoms with Gasteiger partial charge in [-0.25, -0.2) is 0 Å². The highest BCUT2D eigenvalue weighted by molar-refractivity contribution is 5.85. The van der Waals surface area contributed by atoms with Gasteiger partial charge in [-0.15, -0.1) is 12.4 Å². The smallest absolute Gasteiger partial charge is 0.0996 e. The highest BCUT2D eigenvalue weighted by Gasteiger charge is 2.05. The highest BCUT2D eigenvalue weighted by atomic mass is 35.5. The van der Waals surface area contributed by atoms with Crippen molar-refractivity contribution in [1.29, 1.82) is 0 Å². The Morgan fingerprint density at radius 1 is 1.20 bits per heavy atom. The van der Waals surface area contributed by atoms with E-state index in [1.165, 1.54) is 0 Å². The lowest BCUT2D eigenvalue weighted by molar-refractivity contribution is 0.734. The summed E-state index contributed by atoms with van der Waals surface area (Å²) in [7, 11) is 0. The molecule has 2 N–H and O–H groups in total. The van der Waals surface area contributed by atoms with Crippen molar-refractivity contribution in [1.82, 2.24) is 15.0 Å². The molecule has 0 aliphatic carbocycles. The summed E-state index contributed by atoms with van der Waals surface area (Å²) < 4.78 is 0. The minimum Gasteiger partial charge on any atom is -0.325 e. The van der Waals surface area contributed by atoms with Crippen LogP contribution in [0.15, 0.2) is 30.3 Å². The first-order valence-electron chi connectivity index (χ1n) is 4.49. The Kier molecular flexibility index (Phi) is 3.82. The van der Waals surface area contributed by atoms with E-state index in [2.05, 4.69) is 10.2 Å². The second-order valence-corrected chi connectivity index (χ2v) is 3.06. The molecule has 0 bridgehead atoms. The Labute approximate surface area is 94.5 Å².